The number of nitrogens with zero attached hydrogens (tertiary/aromatic N) is 1. The van der Waals surface area contributed by atoms with E-state index in [9.17, 15) is 0 Å². The molecule has 0 aliphatic heterocycles. The molecule has 0 radical (unpaired) electrons. The van der Waals surface area contributed by atoms with Crippen LogP contribution >= 0.6 is 23.2 Å². The fourth-order valence-corrected chi connectivity index (χ4v) is 2.57. The average molecular weight is 348 g/mol. The molecule has 0 saturated heterocycles. The lowest BCUT2D eigenvalue weighted by molar-refractivity contribution is 0.306. The van der Waals surface area contributed by atoms with Gasteiger partial charge in [0.05, 0.1) is 6.61 Å². The zero-order valence-corrected chi connectivity index (χ0v) is 13.8. The summed E-state index contributed by atoms with van der Waals surface area (Å²) in [7, 11) is 0. The smallest absolute Gasteiger partial charge is 0.292 e. The monoisotopic (exact) mass is 347 g/mol. The highest BCUT2D eigenvalue weighted by Crippen LogP contribution is 2.28. The summed E-state index contributed by atoms with van der Waals surface area (Å²) in [5.41, 5.74) is 1.69. The van der Waals surface area contributed by atoms with Crippen molar-refractivity contribution >= 4 is 23.2 Å². The van der Waals surface area contributed by atoms with Crippen molar-refractivity contribution in [1.82, 2.24) is 4.98 Å². The topological polar surface area (TPSA) is 35.3 Å². The van der Waals surface area contributed by atoms with Crippen molar-refractivity contribution in [3.63, 3.8) is 0 Å². The molecule has 0 amide bonds. The number of para-hydroxylation sites is 1. The summed E-state index contributed by atoms with van der Waals surface area (Å²) in [4.78, 5) is 4.26. The number of oxazole rings is 1. The molecule has 0 spiro atoms. The molecule has 3 aromatic rings. The van der Waals surface area contributed by atoms with Crippen LogP contribution in [0, 0.1) is 0 Å². The van der Waals surface area contributed by atoms with E-state index in [1.54, 1.807) is 0 Å². The normalized spacial score (nSPS) is 10.7. The zero-order chi connectivity index (χ0) is 16.1. The molecule has 0 aliphatic rings. The average Bonchev–Trinajstić information content (AvgIpc) is 2.94. The Labute approximate surface area is 144 Å². The molecule has 1 aromatic heterocycles. The molecule has 3 rings (SSSR count). The molecule has 0 fully saturated rings. The van der Waals surface area contributed by atoms with Crippen molar-refractivity contribution in [2.24, 2.45) is 0 Å². The number of aromatic nitrogens is 1. The van der Waals surface area contributed by atoms with Gasteiger partial charge in [-0.25, -0.2) is 0 Å². The van der Waals surface area contributed by atoms with E-state index in [4.69, 9.17) is 32.4 Å². The van der Waals surface area contributed by atoms with Gasteiger partial charge in [-0.1, -0.05) is 41.9 Å². The SMILES string of the molecule is Clc1ccc(-c2nc(Cl)oc2CCCOc2ccccc2)cc1. The van der Waals surface area contributed by atoms with Crippen molar-refractivity contribution in [3.8, 4) is 17.0 Å². The maximum absolute atomic E-state index is 5.92. The van der Waals surface area contributed by atoms with Gasteiger partial charge < -0.3 is 9.15 Å². The third kappa shape index (κ3) is 4.27. The van der Waals surface area contributed by atoms with Crippen LogP contribution in [-0.2, 0) is 6.42 Å². The Kier molecular flexibility index (Phi) is 5.21. The maximum atomic E-state index is 5.92. The fraction of sp³-hybridized carbons (Fsp3) is 0.167. The van der Waals surface area contributed by atoms with Gasteiger partial charge >= 0.3 is 0 Å². The lowest BCUT2D eigenvalue weighted by Crippen LogP contribution is -1.99. The number of ether oxygens (including phenoxy) is 1. The standard InChI is InChI=1S/C18H15Cl2NO2/c19-14-10-8-13(9-11-14)17-16(23-18(20)21-17)7-4-12-22-15-5-2-1-3-6-15/h1-3,5-6,8-11H,4,7,12H2. The summed E-state index contributed by atoms with van der Waals surface area (Å²) in [5, 5.41) is 0.829. The van der Waals surface area contributed by atoms with E-state index in [2.05, 4.69) is 4.98 Å². The van der Waals surface area contributed by atoms with E-state index in [0.717, 1.165) is 29.2 Å². The van der Waals surface area contributed by atoms with Crippen LogP contribution in [0.1, 0.15) is 12.2 Å². The van der Waals surface area contributed by atoms with Crippen molar-refractivity contribution in [3.05, 3.63) is 70.7 Å². The molecule has 118 valence electrons. The number of halogens is 2. The lowest BCUT2D eigenvalue weighted by atomic mass is 10.1. The third-order valence-electron chi connectivity index (χ3n) is 3.35. The van der Waals surface area contributed by atoms with Gasteiger partial charge in [0.25, 0.3) is 5.35 Å². The van der Waals surface area contributed by atoms with Crippen LogP contribution in [0.2, 0.25) is 10.4 Å². The van der Waals surface area contributed by atoms with E-state index in [-0.39, 0.29) is 5.35 Å². The fourth-order valence-electron chi connectivity index (χ4n) is 2.27. The Hall–Kier alpha value is -1.97. The van der Waals surface area contributed by atoms with E-state index in [1.165, 1.54) is 0 Å². The summed E-state index contributed by atoms with van der Waals surface area (Å²) in [6, 6.07) is 17.2. The van der Waals surface area contributed by atoms with Gasteiger partial charge in [0.2, 0.25) is 0 Å². The zero-order valence-electron chi connectivity index (χ0n) is 12.3. The molecule has 0 saturated carbocycles. The highest BCUT2D eigenvalue weighted by atomic mass is 35.5. The molecule has 3 nitrogen and oxygen atoms in total. The van der Waals surface area contributed by atoms with Gasteiger partial charge in [-0.2, -0.15) is 4.98 Å². The van der Waals surface area contributed by atoms with Crippen molar-refractivity contribution in [2.75, 3.05) is 6.61 Å². The molecule has 0 aliphatic carbocycles. The predicted molar refractivity (Wildman–Crippen MR) is 92.2 cm³/mol. The number of hydrogen-bond donors (Lipinski definition) is 0. The molecule has 0 N–H and O–H groups in total. The molecule has 0 bridgehead atoms. The van der Waals surface area contributed by atoms with Gasteiger partial charge in [0, 0.05) is 17.0 Å². The first kappa shape index (κ1) is 15.9. The minimum Gasteiger partial charge on any atom is -0.494 e. The van der Waals surface area contributed by atoms with Crippen molar-refractivity contribution < 1.29 is 9.15 Å². The highest BCUT2D eigenvalue weighted by molar-refractivity contribution is 6.30. The first-order valence-electron chi connectivity index (χ1n) is 7.31. The second-order valence-electron chi connectivity index (χ2n) is 5.01. The van der Waals surface area contributed by atoms with Gasteiger partial charge in [-0.15, -0.1) is 0 Å². The number of benzene rings is 2. The summed E-state index contributed by atoms with van der Waals surface area (Å²) < 4.78 is 11.2. The molecule has 0 unspecified atom stereocenters. The Morgan fingerprint density at radius 1 is 0.957 bits per heavy atom. The van der Waals surface area contributed by atoms with E-state index >= 15 is 0 Å². The van der Waals surface area contributed by atoms with E-state index in [0.29, 0.717) is 18.1 Å². The summed E-state index contributed by atoms with van der Waals surface area (Å²) >= 11 is 11.8. The Morgan fingerprint density at radius 2 is 1.70 bits per heavy atom. The van der Waals surface area contributed by atoms with Crippen LogP contribution in [0.4, 0.5) is 0 Å². The van der Waals surface area contributed by atoms with Crippen LogP contribution < -0.4 is 4.74 Å². The lowest BCUT2D eigenvalue weighted by Gasteiger charge is -2.05. The number of aryl methyl sites for hydroxylation is 1. The second kappa shape index (κ2) is 7.53. The molecule has 0 atom stereocenters. The largest absolute Gasteiger partial charge is 0.494 e. The van der Waals surface area contributed by atoms with Gasteiger partial charge in [-0.05, 0) is 42.3 Å². The Balaban J connectivity index is 1.63. The molecule has 1 heterocycles. The van der Waals surface area contributed by atoms with Crippen LogP contribution in [0.25, 0.3) is 11.3 Å². The molecule has 23 heavy (non-hydrogen) atoms. The highest BCUT2D eigenvalue weighted by Gasteiger charge is 2.14. The first-order chi connectivity index (χ1) is 11.2. The predicted octanol–water partition coefficient (Wildman–Crippen LogP) is 5.66. The van der Waals surface area contributed by atoms with Crippen LogP contribution in [0.3, 0.4) is 0 Å². The summed E-state index contributed by atoms with van der Waals surface area (Å²) in [6.07, 6.45) is 1.51. The van der Waals surface area contributed by atoms with Crippen LogP contribution in [0.5, 0.6) is 5.75 Å². The minimum absolute atomic E-state index is 0.147. The van der Waals surface area contributed by atoms with E-state index < -0.39 is 0 Å². The van der Waals surface area contributed by atoms with Gasteiger partial charge in [-0.3, -0.25) is 0 Å². The Bertz CT molecular complexity index is 754. The molecular formula is C18H15Cl2NO2. The van der Waals surface area contributed by atoms with Crippen molar-refractivity contribution in [1.29, 1.82) is 0 Å². The quantitative estimate of drug-likeness (QED) is 0.539. The molecular weight excluding hydrogens is 333 g/mol. The maximum Gasteiger partial charge on any atom is 0.292 e. The minimum atomic E-state index is 0.147. The molecule has 5 heteroatoms. The summed E-state index contributed by atoms with van der Waals surface area (Å²) in [5.74, 6) is 1.62. The number of hydrogen-bond acceptors (Lipinski definition) is 3. The number of rotatable bonds is 6. The Morgan fingerprint density at radius 3 is 2.43 bits per heavy atom. The first-order valence-corrected chi connectivity index (χ1v) is 8.07. The van der Waals surface area contributed by atoms with Crippen LogP contribution in [0.15, 0.2) is 59.0 Å². The summed E-state index contributed by atoms with van der Waals surface area (Å²) in [6.45, 7) is 0.600. The van der Waals surface area contributed by atoms with Crippen molar-refractivity contribution in [2.45, 2.75) is 12.8 Å². The second-order valence-corrected chi connectivity index (χ2v) is 5.77. The van der Waals surface area contributed by atoms with Crippen LogP contribution in [-0.4, -0.2) is 11.6 Å². The van der Waals surface area contributed by atoms with Gasteiger partial charge in [0.15, 0.2) is 0 Å². The molecule has 2 aromatic carbocycles. The van der Waals surface area contributed by atoms with E-state index in [1.807, 2.05) is 54.6 Å². The van der Waals surface area contributed by atoms with Gasteiger partial charge in [0.1, 0.15) is 17.2 Å². The third-order valence-corrected chi connectivity index (χ3v) is 3.76.